The lowest BCUT2D eigenvalue weighted by molar-refractivity contribution is -0.00140. The van der Waals surface area contributed by atoms with E-state index in [9.17, 15) is 0 Å². The van der Waals surface area contributed by atoms with Gasteiger partial charge in [-0.3, -0.25) is 4.90 Å². The van der Waals surface area contributed by atoms with Crippen LogP contribution < -0.4 is 5.73 Å². The van der Waals surface area contributed by atoms with Gasteiger partial charge in [-0.15, -0.1) is 0 Å². The minimum absolute atomic E-state index is 0.140. The Kier molecular flexibility index (Phi) is 4.75. The molecule has 0 saturated carbocycles. The average molecular weight is 248 g/mol. The van der Waals surface area contributed by atoms with Gasteiger partial charge in [0, 0.05) is 25.2 Å². The molecule has 3 nitrogen and oxygen atoms in total. The predicted molar refractivity (Wildman–Crippen MR) is 74.6 cm³/mol. The van der Waals surface area contributed by atoms with Crippen molar-refractivity contribution in [2.24, 2.45) is 5.73 Å². The molecule has 2 N–H and O–H groups in total. The second kappa shape index (κ2) is 6.32. The van der Waals surface area contributed by atoms with E-state index in [0.29, 0.717) is 6.04 Å². The highest BCUT2D eigenvalue weighted by atomic mass is 16.5. The number of rotatable bonds is 4. The van der Waals surface area contributed by atoms with E-state index in [2.05, 4.69) is 43.0 Å². The molecule has 18 heavy (non-hydrogen) atoms. The molecule has 1 aromatic rings. The maximum absolute atomic E-state index is 6.30. The van der Waals surface area contributed by atoms with E-state index in [1.165, 1.54) is 11.1 Å². The Morgan fingerprint density at radius 1 is 1.44 bits per heavy atom. The van der Waals surface area contributed by atoms with Crippen molar-refractivity contribution in [2.45, 2.75) is 32.4 Å². The zero-order valence-corrected chi connectivity index (χ0v) is 11.4. The molecular weight excluding hydrogens is 224 g/mol. The zero-order chi connectivity index (χ0) is 13.0. The summed E-state index contributed by atoms with van der Waals surface area (Å²) in [6, 6.07) is 9.06. The lowest BCUT2D eigenvalue weighted by Gasteiger charge is -2.33. The zero-order valence-electron chi connectivity index (χ0n) is 11.4. The number of aryl methyl sites for hydroxylation is 1. The summed E-state index contributed by atoms with van der Waals surface area (Å²) >= 11 is 0. The van der Waals surface area contributed by atoms with Crippen molar-refractivity contribution in [2.75, 3.05) is 26.3 Å². The minimum atomic E-state index is 0.140. The second-order valence-corrected chi connectivity index (χ2v) is 5.21. The molecule has 1 saturated heterocycles. The Hall–Kier alpha value is -0.900. The van der Waals surface area contributed by atoms with E-state index >= 15 is 0 Å². The van der Waals surface area contributed by atoms with E-state index in [1.807, 2.05) is 0 Å². The number of nitrogens with zero attached hydrogens (tertiary/aromatic N) is 1. The number of morpholine rings is 1. The van der Waals surface area contributed by atoms with Crippen LogP contribution in [0.2, 0.25) is 0 Å². The molecule has 3 heteroatoms. The van der Waals surface area contributed by atoms with Gasteiger partial charge >= 0.3 is 0 Å². The van der Waals surface area contributed by atoms with Crippen molar-refractivity contribution >= 4 is 0 Å². The molecule has 0 aromatic heterocycles. The van der Waals surface area contributed by atoms with Crippen LogP contribution in [-0.2, 0) is 4.74 Å². The second-order valence-electron chi connectivity index (χ2n) is 5.21. The highest BCUT2D eigenvalue weighted by Gasteiger charge is 2.19. The molecule has 1 heterocycles. The summed E-state index contributed by atoms with van der Waals surface area (Å²) in [5, 5.41) is 0. The quantitative estimate of drug-likeness (QED) is 0.887. The third-order valence-corrected chi connectivity index (χ3v) is 3.82. The van der Waals surface area contributed by atoms with Gasteiger partial charge in [0.1, 0.15) is 0 Å². The van der Waals surface area contributed by atoms with Gasteiger partial charge in [-0.05, 0) is 31.4 Å². The van der Waals surface area contributed by atoms with Crippen LogP contribution in [0.1, 0.15) is 30.5 Å². The molecule has 2 rings (SSSR count). The van der Waals surface area contributed by atoms with E-state index in [1.54, 1.807) is 0 Å². The summed E-state index contributed by atoms with van der Waals surface area (Å²) in [4.78, 5) is 2.47. The maximum atomic E-state index is 6.30. The first kappa shape index (κ1) is 13.5. The van der Waals surface area contributed by atoms with Gasteiger partial charge in [-0.25, -0.2) is 0 Å². The molecule has 1 fully saturated rings. The fourth-order valence-corrected chi connectivity index (χ4v) is 2.56. The standard InChI is InChI=1S/C15H24N2O/c1-12-5-3-4-6-14(12)15(16)7-8-17-9-10-18-11-13(17)2/h3-6,13,15H,7-11,16H2,1-2H3. The van der Waals surface area contributed by atoms with Gasteiger partial charge in [0.05, 0.1) is 13.2 Å². The summed E-state index contributed by atoms with van der Waals surface area (Å²) in [6.07, 6.45) is 1.01. The van der Waals surface area contributed by atoms with Crippen molar-refractivity contribution in [1.29, 1.82) is 0 Å². The molecule has 2 unspecified atom stereocenters. The van der Waals surface area contributed by atoms with Crippen LogP contribution in [0.3, 0.4) is 0 Å². The largest absolute Gasteiger partial charge is 0.379 e. The summed E-state index contributed by atoms with van der Waals surface area (Å²) < 4.78 is 5.45. The van der Waals surface area contributed by atoms with Crippen LogP contribution in [0.25, 0.3) is 0 Å². The molecule has 2 atom stereocenters. The van der Waals surface area contributed by atoms with Crippen molar-refractivity contribution in [3.05, 3.63) is 35.4 Å². The molecule has 0 amide bonds. The molecule has 0 bridgehead atoms. The van der Waals surface area contributed by atoms with Crippen LogP contribution in [-0.4, -0.2) is 37.2 Å². The summed E-state index contributed by atoms with van der Waals surface area (Å²) in [5.74, 6) is 0. The topological polar surface area (TPSA) is 38.5 Å². The van der Waals surface area contributed by atoms with Crippen LogP contribution in [0.5, 0.6) is 0 Å². The minimum Gasteiger partial charge on any atom is -0.379 e. The fourth-order valence-electron chi connectivity index (χ4n) is 2.56. The normalized spacial score (nSPS) is 22.9. The molecule has 1 aliphatic rings. The lowest BCUT2D eigenvalue weighted by atomic mass is 9.99. The van der Waals surface area contributed by atoms with E-state index in [4.69, 9.17) is 10.5 Å². The number of benzene rings is 1. The smallest absolute Gasteiger partial charge is 0.0619 e. The van der Waals surface area contributed by atoms with Crippen molar-refractivity contribution < 1.29 is 4.74 Å². The highest BCUT2D eigenvalue weighted by molar-refractivity contribution is 5.28. The molecule has 1 aromatic carbocycles. The van der Waals surface area contributed by atoms with Gasteiger partial charge < -0.3 is 10.5 Å². The number of hydrogen-bond acceptors (Lipinski definition) is 3. The van der Waals surface area contributed by atoms with Gasteiger partial charge in [0.15, 0.2) is 0 Å². The van der Waals surface area contributed by atoms with E-state index in [-0.39, 0.29) is 6.04 Å². The SMILES string of the molecule is Cc1ccccc1C(N)CCN1CCOCC1C. The third-order valence-electron chi connectivity index (χ3n) is 3.82. The Balaban J connectivity index is 1.88. The maximum Gasteiger partial charge on any atom is 0.0619 e. The highest BCUT2D eigenvalue weighted by Crippen LogP contribution is 2.19. The fraction of sp³-hybridized carbons (Fsp3) is 0.600. The molecule has 100 valence electrons. The van der Waals surface area contributed by atoms with E-state index in [0.717, 1.165) is 32.7 Å². The van der Waals surface area contributed by atoms with Gasteiger partial charge in [-0.1, -0.05) is 24.3 Å². The van der Waals surface area contributed by atoms with Gasteiger partial charge in [0.2, 0.25) is 0 Å². The number of hydrogen-bond donors (Lipinski definition) is 1. The number of nitrogens with two attached hydrogens (primary N) is 1. The predicted octanol–water partition coefficient (Wildman–Crippen LogP) is 2.11. The van der Waals surface area contributed by atoms with E-state index < -0.39 is 0 Å². The van der Waals surface area contributed by atoms with Crippen LogP contribution in [0.4, 0.5) is 0 Å². The Morgan fingerprint density at radius 3 is 2.94 bits per heavy atom. The molecular formula is C15H24N2O. The summed E-state index contributed by atoms with van der Waals surface area (Å²) in [7, 11) is 0. The third kappa shape index (κ3) is 3.31. The molecule has 0 aliphatic carbocycles. The molecule has 1 aliphatic heterocycles. The first-order valence-corrected chi connectivity index (χ1v) is 6.81. The van der Waals surface area contributed by atoms with Crippen LogP contribution in [0.15, 0.2) is 24.3 Å². The average Bonchev–Trinajstić information content (AvgIpc) is 2.38. The summed E-state index contributed by atoms with van der Waals surface area (Å²) in [6.45, 7) is 8.14. The summed E-state index contributed by atoms with van der Waals surface area (Å²) in [5.41, 5.74) is 8.87. The van der Waals surface area contributed by atoms with Crippen LogP contribution >= 0.6 is 0 Å². The molecule has 0 spiro atoms. The first-order valence-electron chi connectivity index (χ1n) is 6.81. The van der Waals surface area contributed by atoms with Crippen LogP contribution in [0, 0.1) is 6.92 Å². The van der Waals surface area contributed by atoms with Crippen molar-refractivity contribution in [1.82, 2.24) is 4.90 Å². The Labute approximate surface area is 110 Å². The van der Waals surface area contributed by atoms with Gasteiger partial charge in [0.25, 0.3) is 0 Å². The van der Waals surface area contributed by atoms with Gasteiger partial charge in [-0.2, -0.15) is 0 Å². The first-order chi connectivity index (χ1) is 8.68. The monoisotopic (exact) mass is 248 g/mol. The Bertz CT molecular complexity index is 381. The molecule has 0 radical (unpaired) electrons. The number of ether oxygens (including phenoxy) is 1. The lowest BCUT2D eigenvalue weighted by Crippen LogP contribution is -2.44. The van der Waals surface area contributed by atoms with Crippen molar-refractivity contribution in [3.8, 4) is 0 Å². The van der Waals surface area contributed by atoms with Crippen molar-refractivity contribution in [3.63, 3.8) is 0 Å². The Morgan fingerprint density at radius 2 is 2.22 bits per heavy atom.